The van der Waals surface area contributed by atoms with E-state index in [1.54, 1.807) is 6.20 Å². The standard InChI is InChI=1S/C12H12ClNO2/c13-6-11(15)12(16)9-5-8-3-1-2-4-10(8)14-7-9/h1-5,7,11-12,15-16H,6H2. The number of fused-ring (bicyclic) bond motifs is 1. The van der Waals surface area contributed by atoms with Crippen LogP contribution in [0.25, 0.3) is 10.9 Å². The first-order valence-corrected chi connectivity index (χ1v) is 5.52. The quantitative estimate of drug-likeness (QED) is 0.802. The number of nitrogens with zero attached hydrogens (tertiary/aromatic N) is 1. The van der Waals surface area contributed by atoms with Gasteiger partial charge in [-0.2, -0.15) is 0 Å². The van der Waals surface area contributed by atoms with Crippen LogP contribution >= 0.6 is 11.6 Å². The van der Waals surface area contributed by atoms with Crippen LogP contribution in [-0.4, -0.2) is 27.2 Å². The molecule has 84 valence electrons. The Hall–Kier alpha value is -1.16. The molecule has 0 fully saturated rings. The van der Waals surface area contributed by atoms with E-state index in [2.05, 4.69) is 4.98 Å². The first-order valence-electron chi connectivity index (χ1n) is 4.99. The molecule has 4 heteroatoms. The van der Waals surface area contributed by atoms with Crippen molar-refractivity contribution in [3.8, 4) is 0 Å². The van der Waals surface area contributed by atoms with Crippen molar-refractivity contribution >= 4 is 22.5 Å². The van der Waals surface area contributed by atoms with Gasteiger partial charge in [0, 0.05) is 17.1 Å². The summed E-state index contributed by atoms with van der Waals surface area (Å²) >= 11 is 5.48. The van der Waals surface area contributed by atoms with Crippen molar-refractivity contribution in [3.05, 3.63) is 42.1 Å². The molecule has 0 aliphatic rings. The molecule has 0 radical (unpaired) electrons. The van der Waals surface area contributed by atoms with E-state index in [1.165, 1.54) is 0 Å². The Morgan fingerprint density at radius 1 is 1.25 bits per heavy atom. The molecule has 2 unspecified atom stereocenters. The van der Waals surface area contributed by atoms with Crippen LogP contribution in [0, 0.1) is 0 Å². The molecule has 3 nitrogen and oxygen atoms in total. The zero-order valence-corrected chi connectivity index (χ0v) is 9.30. The zero-order chi connectivity index (χ0) is 11.5. The van der Waals surface area contributed by atoms with Gasteiger partial charge in [-0.05, 0) is 12.1 Å². The van der Waals surface area contributed by atoms with Crippen LogP contribution in [0.2, 0.25) is 0 Å². The fourth-order valence-electron chi connectivity index (χ4n) is 1.56. The number of halogens is 1. The van der Waals surface area contributed by atoms with E-state index in [9.17, 15) is 10.2 Å². The van der Waals surface area contributed by atoms with Crippen molar-refractivity contribution in [3.63, 3.8) is 0 Å². The fourth-order valence-corrected chi connectivity index (χ4v) is 1.73. The Labute approximate surface area is 98.3 Å². The minimum Gasteiger partial charge on any atom is -0.389 e. The van der Waals surface area contributed by atoms with E-state index < -0.39 is 12.2 Å². The molecule has 1 aromatic carbocycles. The van der Waals surface area contributed by atoms with Crippen molar-refractivity contribution in [2.45, 2.75) is 12.2 Å². The van der Waals surface area contributed by atoms with Crippen molar-refractivity contribution in [2.75, 3.05) is 5.88 Å². The average molecular weight is 238 g/mol. The molecule has 0 amide bonds. The monoisotopic (exact) mass is 237 g/mol. The van der Waals surface area contributed by atoms with Crippen molar-refractivity contribution in [2.24, 2.45) is 0 Å². The molecule has 2 rings (SSSR count). The minimum atomic E-state index is -0.991. The number of aliphatic hydroxyl groups is 2. The Balaban J connectivity index is 2.39. The van der Waals surface area contributed by atoms with Gasteiger partial charge in [0.2, 0.25) is 0 Å². The van der Waals surface area contributed by atoms with Crippen LogP contribution in [-0.2, 0) is 0 Å². The third kappa shape index (κ3) is 2.16. The molecule has 0 aliphatic carbocycles. The highest BCUT2D eigenvalue weighted by Gasteiger charge is 2.17. The molecule has 1 aromatic heterocycles. The van der Waals surface area contributed by atoms with Crippen LogP contribution in [0.15, 0.2) is 36.5 Å². The first-order chi connectivity index (χ1) is 7.72. The third-order valence-electron chi connectivity index (χ3n) is 2.48. The Morgan fingerprint density at radius 2 is 2.00 bits per heavy atom. The summed E-state index contributed by atoms with van der Waals surface area (Å²) in [4.78, 5) is 4.20. The molecule has 2 N–H and O–H groups in total. The zero-order valence-electron chi connectivity index (χ0n) is 8.55. The molecule has 0 spiro atoms. The number of hydrogen-bond donors (Lipinski definition) is 2. The van der Waals surface area contributed by atoms with E-state index in [-0.39, 0.29) is 5.88 Å². The minimum absolute atomic E-state index is 0.00596. The maximum Gasteiger partial charge on any atom is 0.108 e. The van der Waals surface area contributed by atoms with Crippen LogP contribution in [0.3, 0.4) is 0 Å². The molecule has 0 aliphatic heterocycles. The SMILES string of the molecule is OC(CCl)C(O)c1cnc2ccccc2c1. The van der Waals surface area contributed by atoms with Crippen LogP contribution in [0.5, 0.6) is 0 Å². The van der Waals surface area contributed by atoms with Gasteiger partial charge in [0.15, 0.2) is 0 Å². The highest BCUT2D eigenvalue weighted by atomic mass is 35.5. The van der Waals surface area contributed by atoms with Gasteiger partial charge in [0.05, 0.1) is 17.5 Å². The van der Waals surface area contributed by atoms with Crippen molar-refractivity contribution < 1.29 is 10.2 Å². The molecule has 1 heterocycles. The van der Waals surface area contributed by atoms with E-state index in [0.29, 0.717) is 5.56 Å². The number of aliphatic hydroxyl groups excluding tert-OH is 2. The Kier molecular flexibility index (Phi) is 3.39. The number of alkyl halides is 1. The second kappa shape index (κ2) is 4.78. The fraction of sp³-hybridized carbons (Fsp3) is 0.250. The highest BCUT2D eigenvalue weighted by Crippen LogP contribution is 2.21. The van der Waals surface area contributed by atoms with Gasteiger partial charge >= 0.3 is 0 Å². The van der Waals surface area contributed by atoms with E-state index in [4.69, 9.17) is 11.6 Å². The lowest BCUT2D eigenvalue weighted by molar-refractivity contribution is 0.0326. The molecule has 2 aromatic rings. The molecule has 0 saturated heterocycles. The topological polar surface area (TPSA) is 53.4 Å². The summed E-state index contributed by atoms with van der Waals surface area (Å²) in [5.41, 5.74) is 1.44. The lowest BCUT2D eigenvalue weighted by atomic mass is 10.1. The summed E-state index contributed by atoms with van der Waals surface area (Å²) in [6.45, 7) is 0. The van der Waals surface area contributed by atoms with Gasteiger partial charge in [-0.1, -0.05) is 18.2 Å². The van der Waals surface area contributed by atoms with Gasteiger partial charge in [-0.15, -0.1) is 11.6 Å². The van der Waals surface area contributed by atoms with Gasteiger partial charge in [0.1, 0.15) is 6.10 Å². The molecular weight excluding hydrogens is 226 g/mol. The molecule has 16 heavy (non-hydrogen) atoms. The smallest absolute Gasteiger partial charge is 0.108 e. The normalized spacial score (nSPS) is 14.9. The number of pyridine rings is 1. The second-order valence-corrected chi connectivity index (χ2v) is 3.94. The van der Waals surface area contributed by atoms with Crippen LogP contribution in [0.1, 0.15) is 11.7 Å². The number of para-hydroxylation sites is 1. The average Bonchev–Trinajstić information content (AvgIpc) is 2.36. The first kappa shape index (κ1) is 11.3. The molecule has 0 saturated carbocycles. The summed E-state index contributed by atoms with van der Waals surface area (Å²) < 4.78 is 0. The number of hydrogen-bond acceptors (Lipinski definition) is 3. The maximum absolute atomic E-state index is 9.77. The Morgan fingerprint density at radius 3 is 2.75 bits per heavy atom. The molecule has 2 atom stereocenters. The van der Waals surface area contributed by atoms with Crippen LogP contribution < -0.4 is 0 Å². The summed E-state index contributed by atoms with van der Waals surface area (Å²) in [5.74, 6) is -0.00596. The van der Waals surface area contributed by atoms with E-state index >= 15 is 0 Å². The van der Waals surface area contributed by atoms with Gasteiger partial charge in [-0.3, -0.25) is 4.98 Å². The number of rotatable bonds is 3. The van der Waals surface area contributed by atoms with E-state index in [0.717, 1.165) is 10.9 Å². The summed E-state index contributed by atoms with van der Waals surface area (Å²) in [6, 6.07) is 9.41. The number of benzene rings is 1. The van der Waals surface area contributed by atoms with Gasteiger partial charge in [0.25, 0.3) is 0 Å². The lowest BCUT2D eigenvalue weighted by Gasteiger charge is -2.15. The predicted molar refractivity (Wildman–Crippen MR) is 63.4 cm³/mol. The summed E-state index contributed by atoms with van der Waals surface area (Å²) in [5, 5.41) is 20.1. The largest absolute Gasteiger partial charge is 0.389 e. The number of aromatic nitrogens is 1. The Bertz CT molecular complexity index is 489. The highest BCUT2D eigenvalue weighted by molar-refractivity contribution is 6.18. The molecular formula is C12H12ClNO2. The maximum atomic E-state index is 9.77. The van der Waals surface area contributed by atoms with Gasteiger partial charge in [-0.25, -0.2) is 0 Å². The summed E-state index contributed by atoms with van der Waals surface area (Å²) in [7, 11) is 0. The second-order valence-electron chi connectivity index (χ2n) is 3.63. The van der Waals surface area contributed by atoms with E-state index in [1.807, 2.05) is 30.3 Å². The summed E-state index contributed by atoms with van der Waals surface area (Å²) in [6.07, 6.45) is -0.401. The third-order valence-corrected chi connectivity index (χ3v) is 2.79. The van der Waals surface area contributed by atoms with Crippen LogP contribution in [0.4, 0.5) is 0 Å². The van der Waals surface area contributed by atoms with Gasteiger partial charge < -0.3 is 10.2 Å². The predicted octanol–water partition coefficient (Wildman–Crippen LogP) is 1.87. The van der Waals surface area contributed by atoms with Crippen molar-refractivity contribution in [1.82, 2.24) is 4.98 Å². The molecule has 0 bridgehead atoms. The van der Waals surface area contributed by atoms with Crippen molar-refractivity contribution in [1.29, 1.82) is 0 Å². The lowest BCUT2D eigenvalue weighted by Crippen LogP contribution is -2.19.